The molecule has 7 heterocycles. The van der Waals surface area contributed by atoms with Crippen LogP contribution in [0.1, 0.15) is 92.0 Å². The highest BCUT2D eigenvalue weighted by molar-refractivity contribution is 6.05. The molecule has 10 rings (SSSR count). The minimum atomic E-state index is -1.02. The fourth-order valence-electron chi connectivity index (χ4n) is 11.3. The second-order valence-corrected chi connectivity index (χ2v) is 18.9. The van der Waals surface area contributed by atoms with Crippen LogP contribution < -0.4 is 25.2 Å². The number of fused-ring (bicyclic) bond motifs is 9. The maximum absolute atomic E-state index is 15.4. The number of imidazole rings is 1. The van der Waals surface area contributed by atoms with Gasteiger partial charge in [-0.25, -0.2) is 18.4 Å². The molecule has 4 aliphatic heterocycles. The number of carbonyl (C=O) groups is 3. The molecule has 4 bridgehead atoms. The Labute approximate surface area is 371 Å². The van der Waals surface area contributed by atoms with Crippen molar-refractivity contribution in [2.24, 2.45) is 18.9 Å². The average Bonchev–Trinajstić information content (AvgIpc) is 3.94. The van der Waals surface area contributed by atoms with Crippen molar-refractivity contribution in [3.05, 3.63) is 76.6 Å². The number of carbonyl (C=O) groups excluding carboxylic acids is 3. The van der Waals surface area contributed by atoms with Crippen LogP contribution in [0, 0.1) is 37.3 Å². The van der Waals surface area contributed by atoms with Crippen LogP contribution in [0.25, 0.3) is 22.3 Å². The summed E-state index contributed by atoms with van der Waals surface area (Å²) >= 11 is 0. The lowest BCUT2D eigenvalue weighted by atomic mass is 9.89. The lowest BCUT2D eigenvalue weighted by Gasteiger charge is -2.50. The van der Waals surface area contributed by atoms with E-state index < -0.39 is 29.4 Å². The second-order valence-electron chi connectivity index (χ2n) is 18.9. The summed E-state index contributed by atoms with van der Waals surface area (Å²) in [6.07, 6.45) is 4.97. The first-order valence-electron chi connectivity index (χ1n) is 22.8. The van der Waals surface area contributed by atoms with Crippen molar-refractivity contribution in [3.8, 4) is 17.1 Å². The molecular formula is C48H56F2N10O4. The van der Waals surface area contributed by atoms with Crippen molar-refractivity contribution >= 4 is 46.1 Å². The van der Waals surface area contributed by atoms with Gasteiger partial charge in [-0.15, -0.1) is 0 Å². The van der Waals surface area contributed by atoms with Crippen LogP contribution in [0.3, 0.4) is 0 Å². The van der Waals surface area contributed by atoms with Gasteiger partial charge in [0.25, 0.3) is 5.91 Å². The number of piperidine rings is 2. The summed E-state index contributed by atoms with van der Waals surface area (Å²) in [6, 6.07) is 13.5. The van der Waals surface area contributed by atoms with Crippen molar-refractivity contribution in [1.82, 2.24) is 34.5 Å². The highest BCUT2D eigenvalue weighted by Gasteiger charge is 2.37. The van der Waals surface area contributed by atoms with Gasteiger partial charge in [-0.2, -0.15) is 5.10 Å². The maximum atomic E-state index is 15.4. The molecule has 5 atom stereocenters. The van der Waals surface area contributed by atoms with Gasteiger partial charge in [0.15, 0.2) is 0 Å². The van der Waals surface area contributed by atoms with Crippen molar-refractivity contribution in [1.29, 1.82) is 0 Å². The number of halogens is 2. The molecular weight excluding hydrogens is 819 g/mol. The molecule has 1 saturated carbocycles. The number of amides is 3. The van der Waals surface area contributed by atoms with Crippen molar-refractivity contribution in [3.63, 3.8) is 0 Å². The standard InChI is InChI=1S/C48H56F2N10O4/c1-26-16-32-18-40(51-26)43-29(4)55-56(5)47(43)64-25-31-7-6-30(17-31)24-60-41-21-34(8-10-39(41)52-48(60)54-45(32)62)59-23-27(2)58(22-28(59)3)33-12-14-57(15-13-33)35-19-37(49)44(38(50)20-35)36-9-11-42(61)53-46(36)63/h8,10,16,18-21,27-28,30-31,33,36H,6-7,9,11-15,17,22-25H2,1-5H3,(H,52,54,62)(H,53,61,63)/t27-,28-,30+,31-,36+/m0/s1. The van der Waals surface area contributed by atoms with E-state index in [1.165, 1.54) is 12.1 Å². The fourth-order valence-corrected chi connectivity index (χ4v) is 11.3. The van der Waals surface area contributed by atoms with Crippen molar-refractivity contribution < 1.29 is 27.9 Å². The number of piperazine rings is 1. The highest BCUT2D eigenvalue weighted by atomic mass is 19.1. The molecule has 1 aliphatic carbocycles. The zero-order valence-corrected chi connectivity index (χ0v) is 37.2. The Balaban J connectivity index is 0.858. The van der Waals surface area contributed by atoms with Crippen LogP contribution in [0.4, 0.5) is 26.1 Å². The third-order valence-corrected chi connectivity index (χ3v) is 14.5. The summed E-state index contributed by atoms with van der Waals surface area (Å²) in [5.41, 5.74) is 6.61. The second kappa shape index (κ2) is 16.6. The molecule has 0 unspecified atom stereocenters. The van der Waals surface area contributed by atoms with Gasteiger partial charge in [-0.1, -0.05) is 0 Å². The largest absolute Gasteiger partial charge is 0.477 e. The van der Waals surface area contributed by atoms with Crippen LogP contribution >= 0.6 is 0 Å². The summed E-state index contributed by atoms with van der Waals surface area (Å²) in [5, 5.41) is 10.1. The minimum Gasteiger partial charge on any atom is -0.477 e. The van der Waals surface area contributed by atoms with Crippen LogP contribution in [0.15, 0.2) is 42.5 Å². The molecule has 64 heavy (non-hydrogen) atoms. The molecule has 2 N–H and O–H groups in total. The number of rotatable bonds is 4. The Morgan fingerprint density at radius 1 is 0.812 bits per heavy atom. The molecule has 3 amide bonds. The third-order valence-electron chi connectivity index (χ3n) is 14.5. The van der Waals surface area contributed by atoms with E-state index in [4.69, 9.17) is 14.7 Å². The smallest absolute Gasteiger partial charge is 0.258 e. The highest BCUT2D eigenvalue weighted by Crippen LogP contribution is 2.39. The van der Waals surface area contributed by atoms with E-state index in [0.29, 0.717) is 66.3 Å². The summed E-state index contributed by atoms with van der Waals surface area (Å²) in [7, 11) is 1.89. The molecule has 5 aliphatic rings. The number of ether oxygens (including phenoxy) is 1. The number of aromatic nitrogens is 5. The predicted octanol–water partition coefficient (Wildman–Crippen LogP) is 6.88. The maximum Gasteiger partial charge on any atom is 0.258 e. The molecule has 4 fully saturated rings. The Kier molecular flexibility index (Phi) is 10.9. The Hall–Kier alpha value is -5.90. The summed E-state index contributed by atoms with van der Waals surface area (Å²) in [4.78, 5) is 55.1. The first-order valence-corrected chi connectivity index (χ1v) is 22.8. The molecule has 14 nitrogen and oxygen atoms in total. The molecule has 0 radical (unpaired) electrons. The van der Waals surface area contributed by atoms with E-state index in [2.05, 4.69) is 62.1 Å². The van der Waals surface area contributed by atoms with E-state index >= 15 is 8.78 Å². The van der Waals surface area contributed by atoms with Crippen LogP contribution in [0.5, 0.6) is 5.88 Å². The monoisotopic (exact) mass is 874 g/mol. The zero-order chi connectivity index (χ0) is 44.6. The number of benzene rings is 2. The molecule has 3 saturated heterocycles. The van der Waals surface area contributed by atoms with Gasteiger partial charge in [-0.3, -0.25) is 34.9 Å². The van der Waals surface area contributed by atoms with Crippen LogP contribution in [-0.4, -0.2) is 97.8 Å². The topological polar surface area (TPSA) is 143 Å². The van der Waals surface area contributed by atoms with Gasteiger partial charge < -0.3 is 19.1 Å². The van der Waals surface area contributed by atoms with Crippen LogP contribution in [0.2, 0.25) is 0 Å². The van der Waals surface area contributed by atoms with Gasteiger partial charge in [0.2, 0.25) is 23.6 Å². The van der Waals surface area contributed by atoms with Gasteiger partial charge >= 0.3 is 0 Å². The van der Waals surface area contributed by atoms with E-state index in [0.717, 1.165) is 85.4 Å². The quantitative estimate of drug-likeness (QED) is 0.184. The lowest BCUT2D eigenvalue weighted by molar-refractivity contribution is -0.134. The number of aryl methyl sites for hydroxylation is 3. The SMILES string of the molecule is Cc1cc2cc(n1)-c1c(C)nn(C)c1OC[C@H]1CC[C@H](C1)Cn1c(nc3ccc(N4C[C@H](C)N(C5CCN(c6cc(F)c([C@H]7CCC(=O)NC7=O)c(F)c6)CC5)C[C@@H]4C)cc31)NC2=O. The van der Waals surface area contributed by atoms with Gasteiger partial charge in [-0.05, 0) is 121 Å². The Bertz CT molecular complexity index is 2650. The van der Waals surface area contributed by atoms with Gasteiger partial charge in [0, 0.05) is 92.5 Å². The number of anilines is 3. The summed E-state index contributed by atoms with van der Waals surface area (Å²) in [6.45, 7) is 12.7. The lowest BCUT2D eigenvalue weighted by Crippen LogP contribution is -2.60. The Morgan fingerprint density at radius 2 is 1.58 bits per heavy atom. The van der Waals surface area contributed by atoms with Gasteiger partial charge in [0.05, 0.1) is 40.5 Å². The molecule has 3 aromatic heterocycles. The number of hydrogen-bond donors (Lipinski definition) is 2. The summed E-state index contributed by atoms with van der Waals surface area (Å²) in [5.74, 6) is -1.86. The fraction of sp³-hybridized carbons (Fsp3) is 0.500. The van der Waals surface area contributed by atoms with E-state index in [1.54, 1.807) is 10.7 Å². The summed E-state index contributed by atoms with van der Waals surface area (Å²) < 4.78 is 41.3. The van der Waals surface area contributed by atoms with Gasteiger partial charge in [0.1, 0.15) is 11.6 Å². The zero-order valence-electron chi connectivity index (χ0n) is 37.2. The third kappa shape index (κ3) is 7.77. The van der Waals surface area contributed by atoms with Crippen LogP contribution in [-0.2, 0) is 23.2 Å². The number of hydrogen-bond acceptors (Lipinski definition) is 10. The number of imide groups is 1. The number of pyridine rings is 1. The van der Waals surface area contributed by atoms with E-state index in [1.807, 2.05) is 31.9 Å². The van der Waals surface area contributed by atoms with E-state index in [-0.39, 0.29) is 36.4 Å². The first-order chi connectivity index (χ1) is 30.8. The van der Waals surface area contributed by atoms with Crippen molar-refractivity contribution in [2.45, 2.75) is 103 Å². The van der Waals surface area contributed by atoms with E-state index in [9.17, 15) is 14.4 Å². The normalized spacial score (nSPS) is 24.7. The predicted molar refractivity (Wildman–Crippen MR) is 240 cm³/mol. The molecule has 2 aromatic carbocycles. The molecule has 5 aromatic rings. The number of nitrogens with one attached hydrogen (secondary N) is 2. The first kappa shape index (κ1) is 42.1. The average molecular weight is 875 g/mol. The Morgan fingerprint density at radius 3 is 2.34 bits per heavy atom. The molecule has 336 valence electrons. The number of nitrogens with zero attached hydrogens (tertiary/aromatic N) is 8. The molecule has 16 heteroatoms. The molecule has 0 spiro atoms. The minimum absolute atomic E-state index is 0.0553. The van der Waals surface area contributed by atoms with Crippen molar-refractivity contribution in [2.75, 3.05) is 47.9 Å².